The molecule has 96 valence electrons. The maximum absolute atomic E-state index is 10.8. The van der Waals surface area contributed by atoms with Gasteiger partial charge in [-0.15, -0.1) is 0 Å². The molecule has 1 aromatic rings. The average molecular weight is 250 g/mol. The summed E-state index contributed by atoms with van der Waals surface area (Å²) >= 11 is 0. The van der Waals surface area contributed by atoms with Crippen LogP contribution in [0, 0.1) is 16.0 Å². The fraction of sp³-hybridized carbons (Fsp3) is 0.417. The molecule has 0 bridgehead atoms. The van der Waals surface area contributed by atoms with E-state index in [-0.39, 0.29) is 11.3 Å². The Hall–Kier alpha value is -2.11. The fourth-order valence-electron chi connectivity index (χ4n) is 1.93. The molecule has 2 rings (SSSR count). The van der Waals surface area contributed by atoms with Gasteiger partial charge in [-0.2, -0.15) is 0 Å². The van der Waals surface area contributed by atoms with E-state index in [4.69, 9.17) is 5.11 Å². The Kier molecular flexibility index (Phi) is 3.45. The third-order valence-corrected chi connectivity index (χ3v) is 3.24. The molecule has 1 aromatic carbocycles. The van der Waals surface area contributed by atoms with Crippen LogP contribution in [0.4, 0.5) is 11.4 Å². The zero-order valence-corrected chi connectivity index (χ0v) is 9.76. The number of aromatic carboxylic acids is 1. The van der Waals surface area contributed by atoms with Gasteiger partial charge in [0.1, 0.15) is 5.56 Å². The van der Waals surface area contributed by atoms with Crippen molar-refractivity contribution < 1.29 is 14.8 Å². The summed E-state index contributed by atoms with van der Waals surface area (Å²) in [7, 11) is 0. The first-order chi connectivity index (χ1) is 8.58. The first-order valence-electron chi connectivity index (χ1n) is 5.83. The molecule has 0 heterocycles. The lowest BCUT2D eigenvalue weighted by Gasteiger charge is -2.25. The van der Waals surface area contributed by atoms with Gasteiger partial charge in [-0.3, -0.25) is 10.1 Å². The lowest BCUT2D eigenvalue weighted by molar-refractivity contribution is -0.385. The van der Waals surface area contributed by atoms with Gasteiger partial charge in [0.25, 0.3) is 5.69 Å². The van der Waals surface area contributed by atoms with Crippen molar-refractivity contribution >= 4 is 17.3 Å². The number of nitrogens with zero attached hydrogens (tertiary/aromatic N) is 1. The number of hydrogen-bond donors (Lipinski definition) is 2. The topological polar surface area (TPSA) is 92.5 Å². The molecule has 0 atom stereocenters. The van der Waals surface area contributed by atoms with E-state index in [9.17, 15) is 14.9 Å². The number of hydrogen-bond acceptors (Lipinski definition) is 4. The zero-order chi connectivity index (χ0) is 13.1. The van der Waals surface area contributed by atoms with E-state index in [0.29, 0.717) is 11.6 Å². The molecule has 0 amide bonds. The summed E-state index contributed by atoms with van der Waals surface area (Å²) in [5, 5.41) is 22.8. The quantitative estimate of drug-likeness (QED) is 0.618. The maximum Gasteiger partial charge on any atom is 0.342 e. The number of nitro groups is 1. The minimum atomic E-state index is -1.28. The Balaban J connectivity index is 2.14. The summed E-state index contributed by atoms with van der Waals surface area (Å²) in [5.74, 6) is -0.657. The number of rotatable bonds is 5. The number of carbonyl (C=O) groups is 1. The third-order valence-electron chi connectivity index (χ3n) is 3.24. The average Bonchev–Trinajstić information content (AvgIpc) is 2.26. The van der Waals surface area contributed by atoms with Gasteiger partial charge in [0.05, 0.1) is 4.92 Å². The summed E-state index contributed by atoms with van der Waals surface area (Å²) in [4.78, 5) is 21.0. The molecule has 1 saturated carbocycles. The highest BCUT2D eigenvalue weighted by Gasteiger charge is 2.21. The van der Waals surface area contributed by atoms with Crippen molar-refractivity contribution in [2.24, 2.45) is 5.92 Å². The lowest BCUT2D eigenvalue weighted by Crippen LogP contribution is -2.20. The van der Waals surface area contributed by atoms with E-state index in [1.807, 2.05) is 0 Å². The molecule has 1 fully saturated rings. The van der Waals surface area contributed by atoms with Crippen LogP contribution in [0.1, 0.15) is 29.6 Å². The number of anilines is 1. The molecule has 1 aliphatic rings. The van der Waals surface area contributed by atoms with Crippen LogP contribution in [-0.4, -0.2) is 22.5 Å². The van der Waals surface area contributed by atoms with Gasteiger partial charge < -0.3 is 10.4 Å². The minimum Gasteiger partial charge on any atom is -0.477 e. The Morgan fingerprint density at radius 3 is 2.72 bits per heavy atom. The van der Waals surface area contributed by atoms with Gasteiger partial charge in [0, 0.05) is 18.3 Å². The van der Waals surface area contributed by atoms with Gasteiger partial charge in [0.15, 0.2) is 0 Å². The Morgan fingerprint density at radius 1 is 1.50 bits per heavy atom. The highest BCUT2D eigenvalue weighted by atomic mass is 16.6. The van der Waals surface area contributed by atoms with E-state index in [2.05, 4.69) is 5.32 Å². The fourth-order valence-corrected chi connectivity index (χ4v) is 1.93. The Morgan fingerprint density at radius 2 is 2.22 bits per heavy atom. The standard InChI is InChI=1S/C12H14N2O4/c15-12(16)10-5-4-9(6-11(10)14(17)18)13-7-8-2-1-3-8/h4-6,8,13H,1-3,7H2,(H,15,16). The molecule has 6 heteroatoms. The van der Waals surface area contributed by atoms with Crippen LogP contribution in [0.3, 0.4) is 0 Å². The second kappa shape index (κ2) is 5.03. The SMILES string of the molecule is O=C(O)c1ccc(NCC2CCC2)cc1[N+](=O)[O-]. The van der Waals surface area contributed by atoms with E-state index in [0.717, 1.165) is 6.54 Å². The minimum absolute atomic E-state index is 0.283. The maximum atomic E-state index is 10.8. The van der Waals surface area contributed by atoms with Crippen LogP contribution in [0.15, 0.2) is 18.2 Å². The molecule has 18 heavy (non-hydrogen) atoms. The highest BCUT2D eigenvalue weighted by molar-refractivity contribution is 5.93. The summed E-state index contributed by atoms with van der Waals surface area (Å²) in [6, 6.07) is 4.11. The second-order valence-corrected chi connectivity index (χ2v) is 4.47. The summed E-state index contributed by atoms with van der Waals surface area (Å²) in [6.45, 7) is 0.781. The monoisotopic (exact) mass is 250 g/mol. The number of benzene rings is 1. The normalized spacial score (nSPS) is 14.9. The van der Waals surface area contributed by atoms with Crippen molar-refractivity contribution in [3.63, 3.8) is 0 Å². The molecule has 2 N–H and O–H groups in total. The predicted octanol–water partition coefficient (Wildman–Crippen LogP) is 2.51. The van der Waals surface area contributed by atoms with Crippen molar-refractivity contribution in [1.29, 1.82) is 0 Å². The van der Waals surface area contributed by atoms with E-state index < -0.39 is 10.9 Å². The van der Waals surface area contributed by atoms with Crippen LogP contribution in [0.25, 0.3) is 0 Å². The number of nitro benzene ring substituents is 1. The second-order valence-electron chi connectivity index (χ2n) is 4.47. The molecule has 0 spiro atoms. The Labute approximate surface area is 104 Å². The first kappa shape index (κ1) is 12.3. The highest BCUT2D eigenvalue weighted by Crippen LogP contribution is 2.28. The largest absolute Gasteiger partial charge is 0.477 e. The van der Waals surface area contributed by atoms with Crippen molar-refractivity contribution in [2.45, 2.75) is 19.3 Å². The Bertz CT molecular complexity index is 483. The lowest BCUT2D eigenvalue weighted by atomic mass is 9.85. The molecule has 0 unspecified atom stereocenters. The predicted molar refractivity (Wildman–Crippen MR) is 65.9 cm³/mol. The van der Waals surface area contributed by atoms with Crippen molar-refractivity contribution in [3.8, 4) is 0 Å². The van der Waals surface area contributed by atoms with Gasteiger partial charge >= 0.3 is 5.97 Å². The summed E-state index contributed by atoms with van der Waals surface area (Å²) < 4.78 is 0. The summed E-state index contributed by atoms with van der Waals surface area (Å²) in [6.07, 6.45) is 3.61. The molecule has 1 aliphatic carbocycles. The van der Waals surface area contributed by atoms with Gasteiger partial charge in [0.2, 0.25) is 0 Å². The van der Waals surface area contributed by atoms with Gasteiger partial charge in [-0.1, -0.05) is 6.42 Å². The molecule has 6 nitrogen and oxygen atoms in total. The third kappa shape index (κ3) is 2.58. The smallest absolute Gasteiger partial charge is 0.342 e. The zero-order valence-electron chi connectivity index (χ0n) is 9.76. The van der Waals surface area contributed by atoms with Crippen molar-refractivity contribution in [2.75, 3.05) is 11.9 Å². The molecule has 0 radical (unpaired) electrons. The van der Waals surface area contributed by atoms with Gasteiger partial charge in [-0.25, -0.2) is 4.79 Å². The van der Waals surface area contributed by atoms with E-state index in [1.165, 1.54) is 31.4 Å². The van der Waals surface area contributed by atoms with Crippen LogP contribution < -0.4 is 5.32 Å². The van der Waals surface area contributed by atoms with E-state index >= 15 is 0 Å². The number of carboxylic acids is 1. The molecule has 0 aliphatic heterocycles. The summed E-state index contributed by atoms with van der Waals surface area (Å²) in [5.41, 5.74) is -0.0612. The van der Waals surface area contributed by atoms with Crippen LogP contribution >= 0.6 is 0 Å². The van der Waals surface area contributed by atoms with Crippen molar-refractivity contribution in [1.82, 2.24) is 0 Å². The van der Waals surface area contributed by atoms with Crippen LogP contribution in [0.5, 0.6) is 0 Å². The van der Waals surface area contributed by atoms with E-state index in [1.54, 1.807) is 6.07 Å². The molecular weight excluding hydrogens is 236 g/mol. The molecular formula is C12H14N2O4. The molecule has 0 aromatic heterocycles. The number of carboxylic acid groups (broad SMARTS) is 1. The van der Waals surface area contributed by atoms with Gasteiger partial charge in [-0.05, 0) is 30.9 Å². The number of nitrogens with one attached hydrogen (secondary N) is 1. The van der Waals surface area contributed by atoms with Crippen molar-refractivity contribution in [3.05, 3.63) is 33.9 Å². The first-order valence-corrected chi connectivity index (χ1v) is 5.83. The molecule has 0 saturated heterocycles. The van der Waals surface area contributed by atoms with Crippen LogP contribution in [0.2, 0.25) is 0 Å². The van der Waals surface area contributed by atoms with Crippen LogP contribution in [-0.2, 0) is 0 Å².